The van der Waals surface area contributed by atoms with Gasteiger partial charge in [-0.25, -0.2) is 15.0 Å². The van der Waals surface area contributed by atoms with Crippen molar-refractivity contribution < 1.29 is 0 Å². The molecule has 102 valence electrons. The number of nitrogens with zero attached hydrogens (tertiary/aromatic N) is 3. The van der Waals surface area contributed by atoms with Crippen LogP contribution < -0.4 is 5.32 Å². The van der Waals surface area contributed by atoms with Crippen LogP contribution in [-0.4, -0.2) is 21.5 Å². The Morgan fingerprint density at radius 3 is 2.70 bits per heavy atom. The molecule has 0 aliphatic rings. The minimum atomic E-state index is 0.682. The van der Waals surface area contributed by atoms with Crippen LogP contribution in [0.4, 0.5) is 5.82 Å². The van der Waals surface area contributed by atoms with Gasteiger partial charge in [0.15, 0.2) is 5.82 Å². The third kappa shape index (κ3) is 2.36. The van der Waals surface area contributed by atoms with Crippen molar-refractivity contribution in [2.75, 3.05) is 11.9 Å². The molecule has 3 rings (SSSR count). The Morgan fingerprint density at radius 2 is 2.00 bits per heavy atom. The fourth-order valence-electron chi connectivity index (χ4n) is 2.13. The molecule has 1 aromatic carbocycles. The molecule has 2 heterocycles. The second kappa shape index (κ2) is 5.17. The summed E-state index contributed by atoms with van der Waals surface area (Å²) in [5, 5.41) is 7.40. The van der Waals surface area contributed by atoms with Gasteiger partial charge in [0.25, 0.3) is 0 Å². The second-order valence-corrected chi connectivity index (χ2v) is 5.76. The summed E-state index contributed by atoms with van der Waals surface area (Å²) < 4.78 is 0. The van der Waals surface area contributed by atoms with Gasteiger partial charge in [-0.05, 0) is 32.9 Å². The van der Waals surface area contributed by atoms with E-state index in [4.69, 9.17) is 0 Å². The molecule has 0 aliphatic carbocycles. The molecular formula is C15H16N4S. The first kappa shape index (κ1) is 13.0. The Morgan fingerprint density at radius 1 is 1.15 bits per heavy atom. The smallest absolute Gasteiger partial charge is 0.181 e. The van der Waals surface area contributed by atoms with Crippen LogP contribution in [0.1, 0.15) is 17.5 Å². The molecule has 20 heavy (non-hydrogen) atoms. The molecule has 2 aromatic heterocycles. The van der Waals surface area contributed by atoms with Gasteiger partial charge in [0, 0.05) is 17.3 Å². The van der Waals surface area contributed by atoms with Gasteiger partial charge in [-0.3, -0.25) is 0 Å². The lowest BCUT2D eigenvalue weighted by Crippen LogP contribution is -2.03. The molecular weight excluding hydrogens is 268 g/mol. The fourth-order valence-corrected chi connectivity index (χ4v) is 2.72. The summed E-state index contributed by atoms with van der Waals surface area (Å²) in [4.78, 5) is 13.7. The SMILES string of the molecule is CCNc1nc(-c2csc(C)n2)nc2ccc(C)cc12. The van der Waals surface area contributed by atoms with Crippen LogP contribution in [0.25, 0.3) is 22.4 Å². The average molecular weight is 284 g/mol. The third-order valence-electron chi connectivity index (χ3n) is 3.04. The maximum Gasteiger partial charge on any atom is 0.181 e. The number of nitrogens with one attached hydrogen (secondary N) is 1. The number of aryl methyl sites for hydroxylation is 2. The van der Waals surface area contributed by atoms with Gasteiger partial charge < -0.3 is 5.32 Å². The van der Waals surface area contributed by atoms with Crippen molar-refractivity contribution in [2.45, 2.75) is 20.8 Å². The summed E-state index contributed by atoms with van der Waals surface area (Å²) in [6.07, 6.45) is 0. The van der Waals surface area contributed by atoms with Gasteiger partial charge in [-0.2, -0.15) is 0 Å². The highest BCUT2D eigenvalue weighted by Gasteiger charge is 2.11. The van der Waals surface area contributed by atoms with Crippen LogP contribution >= 0.6 is 11.3 Å². The van der Waals surface area contributed by atoms with Crippen LogP contribution in [0, 0.1) is 13.8 Å². The Hall–Kier alpha value is -2.01. The van der Waals surface area contributed by atoms with Crippen molar-refractivity contribution in [1.82, 2.24) is 15.0 Å². The van der Waals surface area contributed by atoms with E-state index in [9.17, 15) is 0 Å². The van der Waals surface area contributed by atoms with E-state index >= 15 is 0 Å². The molecule has 0 unspecified atom stereocenters. The summed E-state index contributed by atoms with van der Waals surface area (Å²) in [6.45, 7) is 6.96. The highest BCUT2D eigenvalue weighted by molar-refractivity contribution is 7.09. The zero-order valence-corrected chi connectivity index (χ0v) is 12.6. The standard InChI is InChI=1S/C15H16N4S/c1-4-16-14-11-7-9(2)5-6-12(11)18-15(19-14)13-8-20-10(3)17-13/h5-8H,4H2,1-3H3,(H,16,18,19). The maximum absolute atomic E-state index is 4.64. The van der Waals surface area contributed by atoms with E-state index in [0.717, 1.165) is 34.0 Å². The molecule has 0 aliphatic heterocycles. The number of aromatic nitrogens is 3. The van der Waals surface area contributed by atoms with Crippen LogP contribution in [0.15, 0.2) is 23.6 Å². The predicted molar refractivity (Wildman–Crippen MR) is 84.3 cm³/mol. The van der Waals surface area contributed by atoms with E-state index in [1.165, 1.54) is 5.56 Å². The Bertz CT molecular complexity index is 764. The van der Waals surface area contributed by atoms with Crippen molar-refractivity contribution in [3.05, 3.63) is 34.2 Å². The fraction of sp³-hybridized carbons (Fsp3) is 0.267. The molecule has 0 atom stereocenters. The second-order valence-electron chi connectivity index (χ2n) is 4.70. The molecule has 0 spiro atoms. The molecule has 0 bridgehead atoms. The van der Waals surface area contributed by atoms with E-state index in [0.29, 0.717) is 5.82 Å². The Labute approximate surface area is 121 Å². The van der Waals surface area contributed by atoms with Gasteiger partial charge in [0.05, 0.1) is 10.5 Å². The van der Waals surface area contributed by atoms with Gasteiger partial charge in [0.2, 0.25) is 0 Å². The average Bonchev–Trinajstić information content (AvgIpc) is 2.86. The van der Waals surface area contributed by atoms with Crippen molar-refractivity contribution in [2.24, 2.45) is 0 Å². The normalized spacial score (nSPS) is 10.9. The Kier molecular flexibility index (Phi) is 3.36. The van der Waals surface area contributed by atoms with Crippen molar-refractivity contribution in [3.63, 3.8) is 0 Å². The summed E-state index contributed by atoms with van der Waals surface area (Å²) in [5.41, 5.74) is 2.99. The van der Waals surface area contributed by atoms with Crippen LogP contribution in [0.3, 0.4) is 0 Å². The van der Waals surface area contributed by atoms with Gasteiger partial charge >= 0.3 is 0 Å². The lowest BCUT2D eigenvalue weighted by Gasteiger charge is -2.09. The first-order valence-corrected chi connectivity index (χ1v) is 7.50. The number of benzene rings is 1. The summed E-state index contributed by atoms with van der Waals surface area (Å²) in [7, 11) is 0. The molecule has 4 nitrogen and oxygen atoms in total. The van der Waals surface area contributed by atoms with Crippen molar-refractivity contribution in [3.8, 4) is 11.5 Å². The largest absolute Gasteiger partial charge is 0.370 e. The lowest BCUT2D eigenvalue weighted by atomic mass is 10.1. The molecule has 5 heteroatoms. The highest BCUT2D eigenvalue weighted by atomic mass is 32.1. The number of rotatable bonds is 3. The highest BCUT2D eigenvalue weighted by Crippen LogP contribution is 2.26. The minimum absolute atomic E-state index is 0.682. The first-order chi connectivity index (χ1) is 9.67. The molecule has 0 fully saturated rings. The number of anilines is 1. The van der Waals surface area contributed by atoms with E-state index in [1.807, 2.05) is 18.4 Å². The predicted octanol–water partition coefficient (Wildman–Crippen LogP) is 3.80. The molecule has 0 radical (unpaired) electrons. The molecule has 0 saturated heterocycles. The topological polar surface area (TPSA) is 50.7 Å². The number of fused-ring (bicyclic) bond motifs is 1. The quantitative estimate of drug-likeness (QED) is 0.794. The number of hydrogen-bond acceptors (Lipinski definition) is 5. The zero-order chi connectivity index (χ0) is 14.1. The van der Waals surface area contributed by atoms with Crippen LogP contribution in [0.2, 0.25) is 0 Å². The van der Waals surface area contributed by atoms with Crippen molar-refractivity contribution in [1.29, 1.82) is 0 Å². The lowest BCUT2D eigenvalue weighted by molar-refractivity contribution is 1.13. The molecule has 0 amide bonds. The minimum Gasteiger partial charge on any atom is -0.370 e. The van der Waals surface area contributed by atoms with E-state index in [1.54, 1.807) is 11.3 Å². The van der Waals surface area contributed by atoms with Gasteiger partial charge in [-0.15, -0.1) is 11.3 Å². The van der Waals surface area contributed by atoms with Crippen LogP contribution in [-0.2, 0) is 0 Å². The Balaban J connectivity index is 2.22. The number of hydrogen-bond donors (Lipinski definition) is 1. The van der Waals surface area contributed by atoms with Crippen LogP contribution in [0.5, 0.6) is 0 Å². The summed E-state index contributed by atoms with van der Waals surface area (Å²) >= 11 is 1.61. The monoisotopic (exact) mass is 284 g/mol. The van der Waals surface area contributed by atoms with E-state index < -0.39 is 0 Å². The summed E-state index contributed by atoms with van der Waals surface area (Å²) in [6, 6.07) is 6.22. The molecule has 3 aromatic rings. The number of thiazole rings is 1. The first-order valence-electron chi connectivity index (χ1n) is 6.62. The third-order valence-corrected chi connectivity index (χ3v) is 3.82. The zero-order valence-electron chi connectivity index (χ0n) is 11.8. The van der Waals surface area contributed by atoms with Gasteiger partial charge in [-0.1, -0.05) is 11.6 Å². The maximum atomic E-state index is 4.64. The van der Waals surface area contributed by atoms with E-state index in [-0.39, 0.29) is 0 Å². The molecule has 0 saturated carbocycles. The van der Waals surface area contributed by atoms with Crippen molar-refractivity contribution >= 4 is 28.1 Å². The van der Waals surface area contributed by atoms with Gasteiger partial charge in [0.1, 0.15) is 11.5 Å². The van der Waals surface area contributed by atoms with E-state index in [2.05, 4.69) is 46.2 Å². The molecule has 1 N–H and O–H groups in total. The summed E-state index contributed by atoms with van der Waals surface area (Å²) in [5.74, 6) is 1.56.